The Labute approximate surface area is 115 Å². The predicted octanol–water partition coefficient (Wildman–Crippen LogP) is 3.85. The average Bonchev–Trinajstić information content (AvgIpc) is 2.42. The van der Waals surface area contributed by atoms with Gasteiger partial charge in [0.1, 0.15) is 12.4 Å². The van der Waals surface area contributed by atoms with Crippen LogP contribution in [-0.4, -0.2) is 13.2 Å². The maximum Gasteiger partial charge on any atom is 0.142 e. The van der Waals surface area contributed by atoms with E-state index in [1.165, 1.54) is 11.3 Å². The van der Waals surface area contributed by atoms with Crippen molar-refractivity contribution < 1.29 is 4.74 Å². The zero-order valence-electron chi connectivity index (χ0n) is 9.97. The lowest BCUT2D eigenvalue weighted by molar-refractivity contribution is 0.307. The molecule has 2 aromatic carbocycles. The van der Waals surface area contributed by atoms with Crippen molar-refractivity contribution in [2.24, 2.45) is 0 Å². The van der Waals surface area contributed by atoms with Crippen molar-refractivity contribution in [3.63, 3.8) is 0 Å². The smallest absolute Gasteiger partial charge is 0.142 e. The van der Waals surface area contributed by atoms with Crippen LogP contribution in [0.2, 0.25) is 0 Å². The fraction of sp³-hybridized carbons (Fsp3) is 0.200. The van der Waals surface area contributed by atoms with Gasteiger partial charge in [-0.1, -0.05) is 46.3 Å². The van der Waals surface area contributed by atoms with Crippen LogP contribution in [0.3, 0.4) is 0 Å². The number of halogens is 1. The van der Waals surface area contributed by atoms with Crippen LogP contribution in [0.4, 0.5) is 5.69 Å². The highest BCUT2D eigenvalue weighted by molar-refractivity contribution is 9.10. The third-order valence-corrected chi connectivity index (χ3v) is 3.92. The fourth-order valence-corrected chi connectivity index (χ4v) is 2.63. The van der Waals surface area contributed by atoms with Crippen LogP contribution in [0, 0.1) is 0 Å². The Morgan fingerprint density at radius 3 is 2.72 bits per heavy atom. The monoisotopic (exact) mass is 303 g/mol. The van der Waals surface area contributed by atoms with E-state index in [1.807, 2.05) is 18.2 Å². The Balaban J connectivity index is 1.89. The molecule has 0 unspecified atom stereocenters. The van der Waals surface area contributed by atoms with Crippen molar-refractivity contribution in [1.82, 2.24) is 0 Å². The highest BCUT2D eigenvalue weighted by atomic mass is 79.9. The van der Waals surface area contributed by atoms with Gasteiger partial charge >= 0.3 is 0 Å². The highest BCUT2D eigenvalue weighted by Gasteiger charge is 2.17. The summed E-state index contributed by atoms with van der Waals surface area (Å²) < 4.78 is 6.83. The molecule has 0 aromatic heterocycles. The van der Waals surface area contributed by atoms with Crippen molar-refractivity contribution >= 4 is 21.6 Å². The molecule has 3 heteroatoms. The van der Waals surface area contributed by atoms with Crippen molar-refractivity contribution in [2.75, 3.05) is 18.1 Å². The van der Waals surface area contributed by atoms with Gasteiger partial charge in [0.05, 0.1) is 12.2 Å². The van der Waals surface area contributed by atoms with E-state index in [-0.39, 0.29) is 0 Å². The second-order valence-corrected chi connectivity index (χ2v) is 5.18. The average molecular weight is 304 g/mol. The van der Waals surface area contributed by atoms with Crippen molar-refractivity contribution in [3.8, 4) is 5.75 Å². The molecule has 0 radical (unpaired) electrons. The summed E-state index contributed by atoms with van der Waals surface area (Å²) in [6, 6.07) is 16.6. The fourth-order valence-electron chi connectivity index (χ4n) is 2.22. The van der Waals surface area contributed by atoms with Gasteiger partial charge in [0.25, 0.3) is 0 Å². The van der Waals surface area contributed by atoms with Gasteiger partial charge in [-0.25, -0.2) is 0 Å². The molecule has 1 aliphatic rings. The van der Waals surface area contributed by atoms with E-state index >= 15 is 0 Å². The molecule has 0 amide bonds. The number of para-hydroxylation sites is 2. The zero-order chi connectivity index (χ0) is 12.4. The molecule has 0 saturated heterocycles. The highest BCUT2D eigenvalue weighted by Crippen LogP contribution is 2.32. The lowest BCUT2D eigenvalue weighted by atomic mass is 10.1. The molecule has 18 heavy (non-hydrogen) atoms. The molecule has 0 bridgehead atoms. The summed E-state index contributed by atoms with van der Waals surface area (Å²) in [6.07, 6.45) is 0. The van der Waals surface area contributed by atoms with E-state index < -0.39 is 0 Å². The first-order valence-electron chi connectivity index (χ1n) is 6.05. The standard InChI is InChI=1S/C15H14BrNO/c16-13-6-2-1-5-12(13)11-17-9-10-18-15-8-4-3-7-14(15)17/h1-8H,9-11H2. The molecule has 1 heterocycles. The van der Waals surface area contributed by atoms with Crippen LogP contribution in [0.1, 0.15) is 5.56 Å². The van der Waals surface area contributed by atoms with E-state index in [0.717, 1.165) is 29.9 Å². The van der Waals surface area contributed by atoms with Gasteiger partial charge in [-0.15, -0.1) is 0 Å². The minimum atomic E-state index is 0.751. The minimum Gasteiger partial charge on any atom is -0.490 e. The maximum atomic E-state index is 5.67. The number of anilines is 1. The number of ether oxygens (including phenoxy) is 1. The number of rotatable bonds is 2. The minimum absolute atomic E-state index is 0.751. The lowest BCUT2D eigenvalue weighted by Crippen LogP contribution is -2.32. The first kappa shape index (κ1) is 11.6. The number of hydrogen-bond donors (Lipinski definition) is 0. The first-order valence-corrected chi connectivity index (χ1v) is 6.84. The Morgan fingerprint density at radius 1 is 1.06 bits per heavy atom. The summed E-state index contributed by atoms with van der Waals surface area (Å²) in [5.41, 5.74) is 2.48. The Morgan fingerprint density at radius 2 is 1.83 bits per heavy atom. The quantitative estimate of drug-likeness (QED) is 0.835. The molecule has 1 aliphatic heterocycles. The van der Waals surface area contributed by atoms with Crippen LogP contribution in [0.5, 0.6) is 5.75 Å². The van der Waals surface area contributed by atoms with E-state index in [2.05, 4.69) is 51.2 Å². The Hall–Kier alpha value is -1.48. The lowest BCUT2D eigenvalue weighted by Gasteiger charge is -2.31. The topological polar surface area (TPSA) is 12.5 Å². The van der Waals surface area contributed by atoms with Crippen LogP contribution in [-0.2, 0) is 6.54 Å². The third kappa shape index (κ3) is 2.23. The van der Waals surface area contributed by atoms with Gasteiger partial charge in [-0.05, 0) is 23.8 Å². The molecular formula is C15H14BrNO. The molecule has 0 spiro atoms. The van der Waals surface area contributed by atoms with Crippen LogP contribution in [0.15, 0.2) is 53.0 Å². The molecule has 0 N–H and O–H groups in total. The summed E-state index contributed by atoms with van der Waals surface area (Å²) in [5.74, 6) is 0.982. The number of hydrogen-bond acceptors (Lipinski definition) is 2. The van der Waals surface area contributed by atoms with E-state index in [1.54, 1.807) is 0 Å². The normalized spacial score (nSPS) is 13.9. The van der Waals surface area contributed by atoms with Crippen LogP contribution < -0.4 is 9.64 Å². The molecular weight excluding hydrogens is 290 g/mol. The largest absolute Gasteiger partial charge is 0.490 e. The Kier molecular flexibility index (Phi) is 3.24. The molecule has 0 atom stereocenters. The van der Waals surface area contributed by atoms with Gasteiger partial charge in [0.15, 0.2) is 0 Å². The Bertz CT molecular complexity index is 556. The van der Waals surface area contributed by atoms with Gasteiger partial charge in [0, 0.05) is 11.0 Å². The molecule has 3 rings (SSSR count). The first-order chi connectivity index (χ1) is 8.84. The number of benzene rings is 2. The van der Waals surface area contributed by atoms with E-state index in [0.29, 0.717) is 0 Å². The van der Waals surface area contributed by atoms with Gasteiger partial charge in [-0.3, -0.25) is 0 Å². The van der Waals surface area contributed by atoms with Gasteiger partial charge in [-0.2, -0.15) is 0 Å². The van der Waals surface area contributed by atoms with Gasteiger partial charge in [0.2, 0.25) is 0 Å². The second-order valence-electron chi connectivity index (χ2n) is 4.33. The SMILES string of the molecule is Brc1ccccc1CN1CCOc2ccccc21. The van der Waals surface area contributed by atoms with Gasteiger partial charge < -0.3 is 9.64 Å². The molecule has 92 valence electrons. The molecule has 2 nitrogen and oxygen atoms in total. The maximum absolute atomic E-state index is 5.67. The summed E-state index contributed by atoms with van der Waals surface area (Å²) in [4.78, 5) is 2.36. The van der Waals surface area contributed by atoms with E-state index in [4.69, 9.17) is 4.74 Å². The van der Waals surface area contributed by atoms with Crippen molar-refractivity contribution in [3.05, 3.63) is 58.6 Å². The number of nitrogens with zero attached hydrogens (tertiary/aromatic N) is 1. The van der Waals surface area contributed by atoms with E-state index in [9.17, 15) is 0 Å². The molecule has 0 aliphatic carbocycles. The van der Waals surface area contributed by atoms with Crippen molar-refractivity contribution in [1.29, 1.82) is 0 Å². The predicted molar refractivity (Wildman–Crippen MR) is 77.1 cm³/mol. The summed E-state index contributed by atoms with van der Waals surface area (Å²) in [6.45, 7) is 2.58. The summed E-state index contributed by atoms with van der Waals surface area (Å²) in [7, 11) is 0. The van der Waals surface area contributed by atoms with Crippen LogP contribution >= 0.6 is 15.9 Å². The second kappa shape index (κ2) is 5.02. The third-order valence-electron chi connectivity index (χ3n) is 3.14. The van der Waals surface area contributed by atoms with Crippen molar-refractivity contribution in [2.45, 2.75) is 6.54 Å². The number of fused-ring (bicyclic) bond motifs is 1. The van der Waals surface area contributed by atoms with Crippen LogP contribution in [0.25, 0.3) is 0 Å². The molecule has 2 aromatic rings. The zero-order valence-corrected chi connectivity index (χ0v) is 11.6. The molecule has 0 fully saturated rings. The summed E-state index contributed by atoms with van der Waals surface area (Å²) in [5, 5.41) is 0. The summed E-state index contributed by atoms with van der Waals surface area (Å²) >= 11 is 3.61. The molecule has 0 saturated carbocycles.